The molecule has 0 aliphatic heterocycles. The molecule has 2 aliphatic rings. The number of unbranched alkanes of at least 4 members (excludes halogenated alkanes) is 3. The van der Waals surface area contributed by atoms with Gasteiger partial charge >= 0.3 is 0 Å². The molecule has 2 saturated carbocycles. The van der Waals surface area contributed by atoms with Crippen LogP contribution in [0, 0.1) is 29.6 Å². The van der Waals surface area contributed by atoms with Crippen LogP contribution in [-0.4, -0.2) is 0 Å². The second-order valence-electron chi connectivity index (χ2n) is 11.0. The third kappa shape index (κ3) is 7.12. The van der Waals surface area contributed by atoms with E-state index in [0.29, 0.717) is 0 Å². The highest BCUT2D eigenvalue weighted by Crippen LogP contribution is 2.48. The van der Waals surface area contributed by atoms with Gasteiger partial charge in [0.2, 0.25) is 0 Å². The Balaban J connectivity index is 1.27. The van der Waals surface area contributed by atoms with Gasteiger partial charge in [-0.05, 0) is 104 Å². The summed E-state index contributed by atoms with van der Waals surface area (Å²) < 4.78 is 0. The zero-order chi connectivity index (χ0) is 23.6. The highest BCUT2D eigenvalue weighted by Gasteiger charge is 2.35. The van der Waals surface area contributed by atoms with Crippen molar-refractivity contribution in [3.8, 4) is 11.8 Å². The molecule has 2 fully saturated rings. The summed E-state index contributed by atoms with van der Waals surface area (Å²) in [6.45, 7) is 6.12. The smallest absolute Gasteiger partial charge is 0.0249 e. The van der Waals surface area contributed by atoms with Crippen molar-refractivity contribution in [2.75, 3.05) is 0 Å². The molecular weight excluding hydrogens is 408 g/mol. The van der Waals surface area contributed by atoms with E-state index in [0.717, 1.165) is 47.6 Å². The fourth-order valence-corrected chi connectivity index (χ4v) is 6.42. The zero-order valence-corrected chi connectivity index (χ0v) is 21.4. The van der Waals surface area contributed by atoms with Gasteiger partial charge in [0, 0.05) is 11.1 Å². The average molecular weight is 453 g/mol. The van der Waals surface area contributed by atoms with Crippen LogP contribution in [-0.2, 0) is 6.42 Å². The molecule has 2 aromatic rings. The minimum atomic E-state index is 0.757. The van der Waals surface area contributed by atoms with Gasteiger partial charge in [-0.2, -0.15) is 0 Å². The third-order valence-electron chi connectivity index (χ3n) is 8.51. The number of fused-ring (bicyclic) bond motifs is 1. The van der Waals surface area contributed by atoms with Crippen LogP contribution >= 0.6 is 0 Å². The normalized spacial score (nSPS) is 24.0. The Labute approximate surface area is 209 Å². The zero-order valence-electron chi connectivity index (χ0n) is 21.4. The van der Waals surface area contributed by atoms with Gasteiger partial charge in [0.05, 0.1) is 0 Å². The Hall–Kier alpha value is -2.26. The molecule has 0 radical (unpaired) electrons. The first-order valence-corrected chi connectivity index (χ1v) is 14.1. The van der Waals surface area contributed by atoms with Crippen molar-refractivity contribution < 1.29 is 0 Å². The fraction of sp³-hybridized carbons (Fsp3) is 0.529. The molecule has 0 amide bonds. The summed E-state index contributed by atoms with van der Waals surface area (Å²) in [5.41, 5.74) is 5.10. The van der Waals surface area contributed by atoms with Gasteiger partial charge < -0.3 is 0 Å². The minimum Gasteiger partial charge on any atom is -0.103 e. The van der Waals surface area contributed by atoms with Gasteiger partial charge in [-0.15, -0.1) is 6.58 Å². The van der Waals surface area contributed by atoms with Gasteiger partial charge in [0.1, 0.15) is 0 Å². The Morgan fingerprint density at radius 1 is 0.794 bits per heavy atom. The summed E-state index contributed by atoms with van der Waals surface area (Å²) in [6, 6.07) is 17.8. The van der Waals surface area contributed by atoms with Gasteiger partial charge in [-0.25, -0.2) is 0 Å². The van der Waals surface area contributed by atoms with Crippen molar-refractivity contribution in [2.24, 2.45) is 17.8 Å². The van der Waals surface area contributed by atoms with Crippen LogP contribution in [0.1, 0.15) is 112 Å². The Kier molecular flexibility index (Phi) is 9.50. The van der Waals surface area contributed by atoms with E-state index in [-0.39, 0.29) is 0 Å². The van der Waals surface area contributed by atoms with Crippen molar-refractivity contribution in [1.82, 2.24) is 0 Å². The molecule has 0 N–H and O–H groups in total. The first-order chi connectivity index (χ1) is 16.7. The van der Waals surface area contributed by atoms with Crippen molar-refractivity contribution >= 4 is 0 Å². The third-order valence-corrected chi connectivity index (χ3v) is 8.51. The predicted molar refractivity (Wildman–Crippen MR) is 147 cm³/mol. The molecule has 0 nitrogen and oxygen atoms in total. The number of aryl methyl sites for hydroxylation is 1. The SMILES string of the molecule is C=CCCc1ccc(C#Cc2ccc(C3CCC4CC(CCCCCC)CCC4C3)cc2)cc1. The first-order valence-electron chi connectivity index (χ1n) is 14.1. The topological polar surface area (TPSA) is 0 Å². The van der Waals surface area contributed by atoms with Crippen LogP contribution in [0.2, 0.25) is 0 Å². The summed E-state index contributed by atoms with van der Waals surface area (Å²) in [4.78, 5) is 0. The number of allylic oxidation sites excluding steroid dienone is 1. The Bertz CT molecular complexity index is 936. The highest BCUT2D eigenvalue weighted by molar-refractivity contribution is 5.44. The predicted octanol–water partition coefficient (Wildman–Crippen LogP) is 9.48. The van der Waals surface area contributed by atoms with Crippen LogP contribution in [0.5, 0.6) is 0 Å². The van der Waals surface area contributed by atoms with E-state index in [4.69, 9.17) is 0 Å². The van der Waals surface area contributed by atoms with E-state index in [1.54, 1.807) is 0 Å². The van der Waals surface area contributed by atoms with E-state index in [1.165, 1.54) is 81.8 Å². The van der Waals surface area contributed by atoms with E-state index in [1.807, 2.05) is 6.08 Å². The maximum Gasteiger partial charge on any atom is 0.0249 e. The molecule has 0 aromatic heterocycles. The van der Waals surface area contributed by atoms with Crippen molar-refractivity contribution in [3.05, 3.63) is 83.4 Å². The standard InChI is InChI=1S/C34H44/c1-3-5-7-8-10-30-19-22-34-26-33(24-23-32(34)25-30)31-20-17-29(18-21-31)16-15-28-13-11-27(12-14-28)9-6-4-2/h4,11-14,17-18,20-21,30,32-34H,2-3,5-10,19,22-26H2,1H3. The second-order valence-corrected chi connectivity index (χ2v) is 11.0. The molecule has 0 bridgehead atoms. The molecule has 0 heterocycles. The molecule has 0 heteroatoms. The quantitative estimate of drug-likeness (QED) is 0.202. The lowest BCUT2D eigenvalue weighted by atomic mass is 9.63. The van der Waals surface area contributed by atoms with E-state index in [2.05, 4.69) is 73.9 Å². The number of benzene rings is 2. The van der Waals surface area contributed by atoms with Crippen LogP contribution in [0.15, 0.2) is 61.2 Å². The molecule has 2 aromatic carbocycles. The van der Waals surface area contributed by atoms with E-state index in [9.17, 15) is 0 Å². The molecule has 2 aliphatic carbocycles. The van der Waals surface area contributed by atoms with Gasteiger partial charge in [-0.1, -0.05) is 87.6 Å². The minimum absolute atomic E-state index is 0.757. The maximum atomic E-state index is 3.80. The molecular formula is C34H44. The van der Waals surface area contributed by atoms with E-state index < -0.39 is 0 Å². The number of rotatable bonds is 9. The largest absolute Gasteiger partial charge is 0.103 e. The first kappa shape index (κ1) is 24.9. The van der Waals surface area contributed by atoms with Crippen LogP contribution in [0.25, 0.3) is 0 Å². The summed E-state index contributed by atoms with van der Waals surface area (Å²) in [5, 5.41) is 0. The van der Waals surface area contributed by atoms with Crippen molar-refractivity contribution in [2.45, 2.75) is 96.3 Å². The second kappa shape index (κ2) is 13.0. The van der Waals surface area contributed by atoms with Crippen LogP contribution in [0.3, 0.4) is 0 Å². The summed E-state index contributed by atoms with van der Waals surface area (Å²) in [6.07, 6.45) is 20.0. The number of hydrogen-bond donors (Lipinski definition) is 0. The van der Waals surface area contributed by atoms with Crippen molar-refractivity contribution in [3.63, 3.8) is 0 Å². The lowest BCUT2D eigenvalue weighted by molar-refractivity contribution is 0.113. The molecule has 4 rings (SSSR count). The van der Waals surface area contributed by atoms with Gasteiger partial charge in [0.15, 0.2) is 0 Å². The monoisotopic (exact) mass is 452 g/mol. The molecule has 34 heavy (non-hydrogen) atoms. The summed E-state index contributed by atoms with van der Waals surface area (Å²) in [5.74, 6) is 10.5. The molecule has 0 saturated heterocycles. The highest BCUT2D eigenvalue weighted by atomic mass is 14.4. The lowest BCUT2D eigenvalue weighted by Gasteiger charge is -2.42. The van der Waals surface area contributed by atoms with E-state index >= 15 is 0 Å². The maximum absolute atomic E-state index is 3.80. The summed E-state index contributed by atoms with van der Waals surface area (Å²) in [7, 11) is 0. The molecule has 4 unspecified atom stereocenters. The van der Waals surface area contributed by atoms with Crippen molar-refractivity contribution in [1.29, 1.82) is 0 Å². The lowest BCUT2D eigenvalue weighted by Crippen LogP contribution is -2.30. The molecule has 4 atom stereocenters. The van der Waals surface area contributed by atoms with Crippen LogP contribution < -0.4 is 0 Å². The Morgan fingerprint density at radius 3 is 2.18 bits per heavy atom. The van der Waals surface area contributed by atoms with Crippen LogP contribution in [0.4, 0.5) is 0 Å². The molecule has 180 valence electrons. The average Bonchev–Trinajstić information content (AvgIpc) is 2.89. The summed E-state index contributed by atoms with van der Waals surface area (Å²) >= 11 is 0. The Morgan fingerprint density at radius 2 is 1.47 bits per heavy atom. The molecule has 0 spiro atoms. The number of hydrogen-bond acceptors (Lipinski definition) is 0. The van der Waals surface area contributed by atoms with Gasteiger partial charge in [0.25, 0.3) is 0 Å². The van der Waals surface area contributed by atoms with Gasteiger partial charge in [-0.3, -0.25) is 0 Å². The fourth-order valence-electron chi connectivity index (χ4n) is 6.42.